The van der Waals surface area contributed by atoms with Crippen molar-refractivity contribution in [3.8, 4) is 5.69 Å². The molecule has 2 amide bonds. The summed E-state index contributed by atoms with van der Waals surface area (Å²) in [6, 6.07) is 2.21. The van der Waals surface area contributed by atoms with Crippen LogP contribution in [0.15, 0.2) is 23.0 Å². The molecule has 8 nitrogen and oxygen atoms in total. The fourth-order valence-electron chi connectivity index (χ4n) is 2.46. The number of nitrogens with one attached hydrogen (secondary N) is 1. The van der Waals surface area contributed by atoms with Crippen LogP contribution in [-0.4, -0.2) is 27.5 Å². The number of hydrogen-bond acceptors (Lipinski definition) is 5. The highest BCUT2D eigenvalue weighted by molar-refractivity contribution is 6.23. The molecule has 1 aliphatic rings. The number of halogens is 2. The molecule has 0 fully saturated rings. The first-order valence-corrected chi connectivity index (χ1v) is 6.37. The summed E-state index contributed by atoms with van der Waals surface area (Å²) in [5.41, 5.74) is 2.41. The van der Waals surface area contributed by atoms with Crippen LogP contribution >= 0.6 is 0 Å². The van der Waals surface area contributed by atoms with Crippen molar-refractivity contribution in [2.45, 2.75) is 0 Å². The molecule has 0 saturated carbocycles. The number of benzene rings is 1. The zero-order valence-electron chi connectivity index (χ0n) is 11.6. The first-order chi connectivity index (χ1) is 11.2. The number of rotatable bonds is 2. The van der Waals surface area contributed by atoms with Crippen molar-refractivity contribution in [2.75, 3.05) is 5.73 Å². The number of carbonyl (C=O) groups is 3. The zero-order valence-corrected chi connectivity index (χ0v) is 11.6. The molecule has 0 radical (unpaired) electrons. The van der Waals surface area contributed by atoms with E-state index in [2.05, 4.69) is 0 Å². The molecule has 0 unspecified atom stereocenters. The third-order valence-electron chi connectivity index (χ3n) is 3.48. The average molecular weight is 335 g/mol. The molecule has 2 heterocycles. The quantitative estimate of drug-likeness (QED) is 0.676. The van der Waals surface area contributed by atoms with Crippen LogP contribution in [0.2, 0.25) is 0 Å². The van der Waals surface area contributed by atoms with Crippen molar-refractivity contribution in [1.82, 2.24) is 9.88 Å². The van der Waals surface area contributed by atoms with Crippen molar-refractivity contribution in [1.29, 1.82) is 0 Å². The molecule has 24 heavy (non-hydrogen) atoms. The van der Waals surface area contributed by atoms with Gasteiger partial charge in [-0.3, -0.25) is 24.3 Å². The van der Waals surface area contributed by atoms with Gasteiger partial charge in [0, 0.05) is 6.07 Å². The Morgan fingerprint density at radius 3 is 2.46 bits per heavy atom. The van der Waals surface area contributed by atoms with E-state index in [9.17, 15) is 28.0 Å². The number of aromatic carboxylic acids is 1. The number of nitrogens with zero attached hydrogens (tertiary/aromatic N) is 1. The van der Waals surface area contributed by atoms with Gasteiger partial charge in [-0.1, -0.05) is 0 Å². The van der Waals surface area contributed by atoms with Gasteiger partial charge in [-0.2, -0.15) is 0 Å². The second-order valence-electron chi connectivity index (χ2n) is 4.84. The lowest BCUT2D eigenvalue weighted by atomic mass is 10.1. The minimum absolute atomic E-state index is 0.279. The Labute approximate surface area is 131 Å². The molecule has 0 atom stereocenters. The summed E-state index contributed by atoms with van der Waals surface area (Å²) in [5, 5.41) is 11.0. The van der Waals surface area contributed by atoms with Gasteiger partial charge in [-0.25, -0.2) is 13.6 Å². The van der Waals surface area contributed by atoms with Crippen LogP contribution in [0, 0.1) is 11.6 Å². The van der Waals surface area contributed by atoms with E-state index in [0.717, 1.165) is 12.1 Å². The largest absolute Gasteiger partial charge is 0.478 e. The van der Waals surface area contributed by atoms with E-state index in [-0.39, 0.29) is 11.1 Å². The number of carbonyl (C=O) groups excluding carboxylic acids is 2. The van der Waals surface area contributed by atoms with E-state index in [1.54, 1.807) is 0 Å². The predicted molar refractivity (Wildman–Crippen MR) is 75.1 cm³/mol. The molecule has 3 rings (SSSR count). The lowest BCUT2D eigenvalue weighted by Gasteiger charge is -2.14. The Morgan fingerprint density at radius 1 is 1.17 bits per heavy atom. The van der Waals surface area contributed by atoms with Crippen LogP contribution in [0.1, 0.15) is 31.1 Å². The normalized spacial score (nSPS) is 12.9. The first-order valence-electron chi connectivity index (χ1n) is 6.37. The number of hydrogen-bond donors (Lipinski definition) is 3. The van der Waals surface area contributed by atoms with Gasteiger partial charge in [-0.05, 0) is 12.1 Å². The van der Waals surface area contributed by atoms with Gasteiger partial charge < -0.3 is 10.8 Å². The Balaban J connectivity index is 2.42. The number of imide groups is 1. The molecule has 0 bridgehead atoms. The van der Waals surface area contributed by atoms with Crippen LogP contribution in [0.4, 0.5) is 14.6 Å². The molecule has 0 saturated heterocycles. The van der Waals surface area contributed by atoms with Gasteiger partial charge in [0.05, 0.1) is 16.8 Å². The maximum atomic E-state index is 13.8. The highest BCUT2D eigenvalue weighted by Crippen LogP contribution is 2.26. The Hall–Kier alpha value is -3.56. The van der Waals surface area contributed by atoms with Gasteiger partial charge in [0.25, 0.3) is 17.4 Å². The molecule has 2 aromatic rings. The van der Waals surface area contributed by atoms with Crippen LogP contribution in [0.5, 0.6) is 0 Å². The van der Waals surface area contributed by atoms with Crippen LogP contribution in [-0.2, 0) is 0 Å². The number of carboxylic acids is 1. The number of carboxylic acid groups (broad SMARTS) is 1. The number of amides is 2. The number of pyridine rings is 1. The third kappa shape index (κ3) is 1.96. The molecule has 1 aliphatic heterocycles. The van der Waals surface area contributed by atoms with E-state index in [1.165, 1.54) is 0 Å². The third-order valence-corrected chi connectivity index (χ3v) is 3.48. The summed E-state index contributed by atoms with van der Waals surface area (Å²) in [4.78, 5) is 46.8. The van der Waals surface area contributed by atoms with E-state index >= 15 is 0 Å². The van der Waals surface area contributed by atoms with E-state index < -0.39 is 52.0 Å². The fraction of sp³-hybridized carbons (Fsp3) is 0. The molecular weight excluding hydrogens is 328 g/mol. The summed E-state index contributed by atoms with van der Waals surface area (Å²) >= 11 is 0. The Kier molecular flexibility index (Phi) is 3.18. The predicted octanol–water partition coefficient (Wildman–Crippen LogP) is 0.280. The maximum absolute atomic E-state index is 13.8. The number of nitrogen functional groups attached to an aromatic ring is 1. The van der Waals surface area contributed by atoms with E-state index in [1.807, 2.05) is 5.32 Å². The molecule has 1 aromatic carbocycles. The van der Waals surface area contributed by atoms with Crippen molar-refractivity contribution in [3.63, 3.8) is 0 Å². The topological polar surface area (TPSA) is 131 Å². The molecule has 10 heteroatoms. The van der Waals surface area contributed by atoms with Gasteiger partial charge in [-0.15, -0.1) is 0 Å². The minimum atomic E-state index is -1.84. The van der Waals surface area contributed by atoms with E-state index in [0.29, 0.717) is 10.6 Å². The molecule has 0 aliphatic carbocycles. The van der Waals surface area contributed by atoms with Crippen LogP contribution in [0.3, 0.4) is 0 Å². The van der Waals surface area contributed by atoms with Gasteiger partial charge >= 0.3 is 5.97 Å². The second-order valence-corrected chi connectivity index (χ2v) is 4.84. The second kappa shape index (κ2) is 4.98. The SMILES string of the molecule is Nc1c2c(cc(=O)n1-c1ccc(F)c(F)c1C(=O)O)C(=O)NC2=O. The monoisotopic (exact) mass is 335 g/mol. The number of fused-ring (bicyclic) bond motifs is 1. The molecule has 122 valence electrons. The smallest absolute Gasteiger partial charge is 0.340 e. The maximum Gasteiger partial charge on any atom is 0.340 e. The first kappa shape index (κ1) is 15.3. The summed E-state index contributed by atoms with van der Waals surface area (Å²) in [5.74, 6) is -7.25. The lowest BCUT2D eigenvalue weighted by molar-refractivity contribution is 0.0689. The minimum Gasteiger partial charge on any atom is -0.478 e. The van der Waals surface area contributed by atoms with E-state index in [4.69, 9.17) is 10.8 Å². The molecule has 1 aromatic heterocycles. The standard InChI is InChI=1S/C14H7F2N3O5/c15-5-1-2-6(9(10(5)16)14(23)24)19-7(20)3-4-8(11(19)17)13(22)18-12(4)21/h1-3H,17H2,(H,23,24)(H,18,21,22). The zero-order chi connectivity index (χ0) is 17.8. The summed E-state index contributed by atoms with van der Waals surface area (Å²) < 4.78 is 27.7. The lowest BCUT2D eigenvalue weighted by Crippen LogP contribution is -2.26. The van der Waals surface area contributed by atoms with Gasteiger partial charge in [0.1, 0.15) is 11.4 Å². The highest BCUT2D eigenvalue weighted by Gasteiger charge is 2.33. The van der Waals surface area contributed by atoms with Crippen LogP contribution < -0.4 is 16.6 Å². The number of aromatic nitrogens is 1. The van der Waals surface area contributed by atoms with Crippen LogP contribution in [0.25, 0.3) is 5.69 Å². The summed E-state index contributed by atoms with van der Waals surface area (Å²) in [6.07, 6.45) is 0. The Morgan fingerprint density at radius 2 is 1.83 bits per heavy atom. The van der Waals surface area contributed by atoms with Crippen molar-refractivity contribution >= 4 is 23.6 Å². The number of nitrogens with two attached hydrogens (primary N) is 1. The molecule has 4 N–H and O–H groups in total. The number of anilines is 1. The van der Waals surface area contributed by atoms with Crippen molar-refractivity contribution < 1.29 is 28.3 Å². The summed E-state index contributed by atoms with van der Waals surface area (Å²) in [6.45, 7) is 0. The van der Waals surface area contributed by atoms with Crippen molar-refractivity contribution in [3.05, 3.63) is 56.9 Å². The van der Waals surface area contributed by atoms with Gasteiger partial charge in [0.2, 0.25) is 0 Å². The van der Waals surface area contributed by atoms with Crippen molar-refractivity contribution in [2.24, 2.45) is 0 Å². The molecule has 0 spiro atoms. The molecular formula is C14H7F2N3O5. The highest BCUT2D eigenvalue weighted by atomic mass is 19.2. The Bertz CT molecular complexity index is 1010. The summed E-state index contributed by atoms with van der Waals surface area (Å²) in [7, 11) is 0. The fourth-order valence-corrected chi connectivity index (χ4v) is 2.46. The average Bonchev–Trinajstić information content (AvgIpc) is 2.77. The van der Waals surface area contributed by atoms with Gasteiger partial charge in [0.15, 0.2) is 11.6 Å².